The van der Waals surface area contributed by atoms with Crippen molar-refractivity contribution in [3.63, 3.8) is 0 Å². The average Bonchev–Trinajstić information content (AvgIpc) is 2.79. The van der Waals surface area contributed by atoms with Crippen LogP contribution in [-0.2, 0) is 11.3 Å². The number of aromatic amines is 1. The van der Waals surface area contributed by atoms with Crippen molar-refractivity contribution in [2.75, 3.05) is 6.54 Å². The first kappa shape index (κ1) is 13.0. The molecule has 2 amide bonds. The van der Waals surface area contributed by atoms with Gasteiger partial charge in [-0.2, -0.15) is 5.10 Å². The molecule has 1 atom stereocenters. The van der Waals surface area contributed by atoms with E-state index in [0.29, 0.717) is 13.0 Å². The summed E-state index contributed by atoms with van der Waals surface area (Å²) in [6.45, 7) is 2.25. The van der Waals surface area contributed by atoms with Crippen LogP contribution in [0.1, 0.15) is 18.9 Å². The molecule has 0 radical (unpaired) electrons. The molecular formula is C10H16N4O3. The van der Waals surface area contributed by atoms with Crippen molar-refractivity contribution in [1.82, 2.24) is 20.8 Å². The molecule has 0 saturated heterocycles. The summed E-state index contributed by atoms with van der Waals surface area (Å²) in [6, 6.07) is -0.383. The molecule has 0 aliphatic carbocycles. The van der Waals surface area contributed by atoms with Gasteiger partial charge in [0.05, 0.1) is 12.1 Å². The molecule has 0 fully saturated rings. The second kappa shape index (κ2) is 6.51. The second-order valence-corrected chi connectivity index (χ2v) is 3.61. The number of carboxylic acids is 1. The Kier molecular flexibility index (Phi) is 4.99. The molecule has 1 aromatic heterocycles. The lowest BCUT2D eigenvalue weighted by Crippen LogP contribution is -2.39. The van der Waals surface area contributed by atoms with Crippen LogP contribution in [0.15, 0.2) is 12.4 Å². The number of H-pyrrole nitrogens is 1. The van der Waals surface area contributed by atoms with Crippen molar-refractivity contribution < 1.29 is 14.7 Å². The van der Waals surface area contributed by atoms with Gasteiger partial charge in [0.1, 0.15) is 0 Å². The van der Waals surface area contributed by atoms with Crippen LogP contribution < -0.4 is 10.6 Å². The van der Waals surface area contributed by atoms with Gasteiger partial charge in [-0.3, -0.25) is 9.89 Å². The molecule has 0 bridgehead atoms. The third-order valence-corrected chi connectivity index (χ3v) is 2.36. The topological polar surface area (TPSA) is 107 Å². The molecule has 17 heavy (non-hydrogen) atoms. The van der Waals surface area contributed by atoms with Crippen LogP contribution in [-0.4, -0.2) is 33.8 Å². The Hall–Kier alpha value is -2.05. The van der Waals surface area contributed by atoms with Crippen LogP contribution in [0.5, 0.6) is 0 Å². The van der Waals surface area contributed by atoms with E-state index >= 15 is 0 Å². The highest BCUT2D eigenvalue weighted by molar-refractivity contribution is 5.75. The van der Waals surface area contributed by atoms with Crippen molar-refractivity contribution in [3.8, 4) is 0 Å². The Bertz CT molecular complexity index is 364. The van der Waals surface area contributed by atoms with Crippen LogP contribution in [0.2, 0.25) is 0 Å². The minimum Gasteiger partial charge on any atom is -0.481 e. The average molecular weight is 240 g/mol. The molecular weight excluding hydrogens is 224 g/mol. The Morgan fingerprint density at radius 2 is 2.29 bits per heavy atom. The van der Waals surface area contributed by atoms with E-state index < -0.39 is 11.9 Å². The van der Waals surface area contributed by atoms with E-state index in [1.165, 1.54) is 0 Å². The second-order valence-electron chi connectivity index (χ2n) is 3.61. The number of carboxylic acid groups (broad SMARTS) is 1. The molecule has 1 aromatic rings. The molecule has 7 nitrogen and oxygen atoms in total. The first-order chi connectivity index (χ1) is 8.13. The van der Waals surface area contributed by atoms with Gasteiger partial charge in [-0.1, -0.05) is 6.92 Å². The Morgan fingerprint density at radius 3 is 2.82 bits per heavy atom. The highest BCUT2D eigenvalue weighted by Crippen LogP contribution is 2.00. The number of carbonyl (C=O) groups excluding carboxylic acids is 1. The molecule has 0 saturated carbocycles. The van der Waals surface area contributed by atoms with Crippen LogP contribution in [0, 0.1) is 5.92 Å². The maximum Gasteiger partial charge on any atom is 0.315 e. The zero-order valence-corrected chi connectivity index (χ0v) is 9.56. The number of nitrogens with zero attached hydrogens (tertiary/aromatic N) is 1. The first-order valence-corrected chi connectivity index (χ1v) is 5.35. The number of aromatic nitrogens is 2. The molecule has 0 aliphatic rings. The predicted molar refractivity (Wildman–Crippen MR) is 60.2 cm³/mol. The number of hydrogen-bond donors (Lipinski definition) is 4. The number of hydrogen-bond acceptors (Lipinski definition) is 3. The molecule has 4 N–H and O–H groups in total. The number of urea groups is 1. The molecule has 0 aliphatic heterocycles. The molecule has 1 rings (SSSR count). The van der Waals surface area contributed by atoms with E-state index in [1.807, 2.05) is 0 Å². The van der Waals surface area contributed by atoms with Gasteiger partial charge >= 0.3 is 12.0 Å². The van der Waals surface area contributed by atoms with Crippen molar-refractivity contribution in [2.45, 2.75) is 19.9 Å². The van der Waals surface area contributed by atoms with E-state index in [4.69, 9.17) is 5.11 Å². The van der Waals surface area contributed by atoms with Gasteiger partial charge in [-0.25, -0.2) is 4.79 Å². The highest BCUT2D eigenvalue weighted by atomic mass is 16.4. The van der Waals surface area contributed by atoms with E-state index in [2.05, 4.69) is 20.8 Å². The predicted octanol–water partition coefficient (Wildman–Crippen LogP) is 0.320. The fraction of sp³-hybridized carbons (Fsp3) is 0.500. The molecule has 1 heterocycles. The van der Waals surface area contributed by atoms with Crippen LogP contribution in [0.4, 0.5) is 4.79 Å². The lowest BCUT2D eigenvalue weighted by Gasteiger charge is -2.11. The highest BCUT2D eigenvalue weighted by Gasteiger charge is 2.15. The summed E-state index contributed by atoms with van der Waals surface area (Å²) in [7, 11) is 0. The third kappa shape index (κ3) is 4.54. The van der Waals surface area contributed by atoms with E-state index in [1.54, 1.807) is 19.3 Å². The summed E-state index contributed by atoms with van der Waals surface area (Å²) in [5.74, 6) is -1.45. The summed E-state index contributed by atoms with van der Waals surface area (Å²) in [5, 5.41) is 20.3. The molecule has 0 spiro atoms. The standard InChI is InChI=1S/C10H16N4O3/c1-2-8(9(15)16)6-12-10(17)11-3-7-4-13-14-5-7/h4-5,8H,2-3,6H2,1H3,(H,13,14)(H,15,16)(H2,11,12,17). The Balaban J connectivity index is 2.23. The lowest BCUT2D eigenvalue weighted by atomic mass is 10.1. The summed E-state index contributed by atoms with van der Waals surface area (Å²) in [4.78, 5) is 22.0. The van der Waals surface area contributed by atoms with Crippen molar-refractivity contribution in [1.29, 1.82) is 0 Å². The largest absolute Gasteiger partial charge is 0.481 e. The van der Waals surface area contributed by atoms with E-state index in [9.17, 15) is 9.59 Å². The van der Waals surface area contributed by atoms with Crippen LogP contribution >= 0.6 is 0 Å². The lowest BCUT2D eigenvalue weighted by molar-refractivity contribution is -0.141. The number of nitrogens with one attached hydrogen (secondary N) is 3. The van der Waals surface area contributed by atoms with Crippen LogP contribution in [0.3, 0.4) is 0 Å². The molecule has 7 heteroatoms. The van der Waals surface area contributed by atoms with Gasteiger partial charge in [0.15, 0.2) is 0 Å². The van der Waals surface area contributed by atoms with E-state index in [0.717, 1.165) is 5.56 Å². The third-order valence-electron chi connectivity index (χ3n) is 2.36. The number of aliphatic carboxylic acids is 1. The van der Waals surface area contributed by atoms with Gasteiger partial charge in [0.25, 0.3) is 0 Å². The van der Waals surface area contributed by atoms with Gasteiger partial charge in [-0.15, -0.1) is 0 Å². The van der Waals surface area contributed by atoms with Gasteiger partial charge in [-0.05, 0) is 6.42 Å². The summed E-state index contributed by atoms with van der Waals surface area (Å²) < 4.78 is 0. The smallest absolute Gasteiger partial charge is 0.315 e. The Labute approximate surface area is 98.6 Å². The monoisotopic (exact) mass is 240 g/mol. The minimum absolute atomic E-state index is 0.128. The number of carbonyl (C=O) groups is 2. The maximum atomic E-state index is 11.3. The van der Waals surface area contributed by atoms with Crippen LogP contribution in [0.25, 0.3) is 0 Å². The zero-order valence-electron chi connectivity index (χ0n) is 9.56. The maximum absolute atomic E-state index is 11.3. The molecule has 0 aromatic carbocycles. The summed E-state index contributed by atoms with van der Waals surface area (Å²) in [5.41, 5.74) is 0.852. The SMILES string of the molecule is CCC(CNC(=O)NCc1cn[nH]c1)C(=O)O. The molecule has 94 valence electrons. The Morgan fingerprint density at radius 1 is 1.53 bits per heavy atom. The summed E-state index contributed by atoms with van der Waals surface area (Å²) >= 11 is 0. The van der Waals surface area contributed by atoms with Crippen molar-refractivity contribution in [3.05, 3.63) is 18.0 Å². The van der Waals surface area contributed by atoms with Gasteiger partial charge < -0.3 is 15.7 Å². The number of amides is 2. The van der Waals surface area contributed by atoms with Crippen molar-refractivity contribution in [2.24, 2.45) is 5.92 Å². The first-order valence-electron chi connectivity index (χ1n) is 5.35. The quantitative estimate of drug-likeness (QED) is 0.574. The van der Waals surface area contributed by atoms with Gasteiger partial charge in [0.2, 0.25) is 0 Å². The summed E-state index contributed by atoms with van der Waals surface area (Å²) in [6.07, 6.45) is 3.76. The molecule has 1 unspecified atom stereocenters. The normalized spacial score (nSPS) is 11.8. The van der Waals surface area contributed by atoms with E-state index in [-0.39, 0.29) is 12.6 Å². The minimum atomic E-state index is -0.900. The van der Waals surface area contributed by atoms with Crippen molar-refractivity contribution >= 4 is 12.0 Å². The number of rotatable bonds is 6. The fourth-order valence-electron chi connectivity index (χ4n) is 1.24. The van der Waals surface area contributed by atoms with Gasteiger partial charge in [0, 0.05) is 24.8 Å². The fourth-order valence-corrected chi connectivity index (χ4v) is 1.24. The zero-order chi connectivity index (χ0) is 12.7.